The Balaban J connectivity index is 1.92. The van der Waals surface area contributed by atoms with E-state index in [4.69, 9.17) is 0 Å². The molecule has 0 spiro atoms. The van der Waals surface area contributed by atoms with Crippen LogP contribution in [-0.4, -0.2) is 20.5 Å². The van der Waals surface area contributed by atoms with Crippen molar-refractivity contribution in [3.8, 4) is 0 Å². The van der Waals surface area contributed by atoms with Gasteiger partial charge in [0, 0.05) is 23.8 Å². The Morgan fingerprint density at radius 2 is 1.67 bits per heavy atom. The van der Waals surface area contributed by atoms with E-state index >= 15 is 0 Å². The van der Waals surface area contributed by atoms with Crippen LogP contribution in [0.25, 0.3) is 6.08 Å². The van der Waals surface area contributed by atoms with E-state index in [2.05, 4.69) is 0 Å². The van der Waals surface area contributed by atoms with E-state index in [1.807, 2.05) is 30.3 Å². The van der Waals surface area contributed by atoms with Gasteiger partial charge in [0.05, 0.1) is 4.90 Å². The Hall–Kier alpha value is -2.20. The minimum atomic E-state index is -3.19. The fraction of sp³-hybridized carbons (Fsp3) is 0.118. The van der Waals surface area contributed by atoms with Gasteiger partial charge >= 0.3 is 0 Å². The molecule has 4 heteroatoms. The van der Waals surface area contributed by atoms with Gasteiger partial charge in [-0.3, -0.25) is 4.79 Å². The van der Waals surface area contributed by atoms with Crippen molar-refractivity contribution in [2.45, 2.75) is 11.3 Å². The first-order valence-electron chi connectivity index (χ1n) is 6.58. The zero-order valence-electron chi connectivity index (χ0n) is 11.5. The number of fused-ring (bicyclic) bond motifs is 1. The lowest BCUT2D eigenvalue weighted by Gasteiger charge is -2.00. The quantitative estimate of drug-likeness (QED) is 0.801. The van der Waals surface area contributed by atoms with E-state index in [0.29, 0.717) is 6.42 Å². The van der Waals surface area contributed by atoms with Crippen LogP contribution in [0, 0.1) is 0 Å². The number of Topliss-reactive ketones (excluding diaryl/α,β-unsaturated/α-hetero) is 1. The SMILES string of the molecule is CS(=O)(=O)c1ccc(/C=C2/Cc3ccccc3C2=O)cc1. The van der Waals surface area contributed by atoms with Gasteiger partial charge in [-0.25, -0.2) is 8.42 Å². The molecule has 0 bridgehead atoms. The molecule has 0 aromatic heterocycles. The van der Waals surface area contributed by atoms with Gasteiger partial charge in [-0.2, -0.15) is 0 Å². The topological polar surface area (TPSA) is 51.2 Å². The first-order valence-corrected chi connectivity index (χ1v) is 8.47. The van der Waals surface area contributed by atoms with E-state index < -0.39 is 9.84 Å². The third kappa shape index (κ3) is 2.67. The van der Waals surface area contributed by atoms with E-state index in [-0.39, 0.29) is 10.7 Å². The maximum atomic E-state index is 12.3. The summed E-state index contributed by atoms with van der Waals surface area (Å²) in [7, 11) is -3.19. The fourth-order valence-corrected chi connectivity index (χ4v) is 3.11. The summed E-state index contributed by atoms with van der Waals surface area (Å²) in [6, 6.07) is 14.2. The van der Waals surface area contributed by atoms with Crippen molar-refractivity contribution < 1.29 is 13.2 Å². The molecule has 0 atom stereocenters. The molecule has 3 nitrogen and oxygen atoms in total. The van der Waals surface area contributed by atoms with Crippen LogP contribution in [0.1, 0.15) is 21.5 Å². The number of hydrogen-bond acceptors (Lipinski definition) is 3. The average molecular weight is 298 g/mol. The lowest BCUT2D eigenvalue weighted by Crippen LogP contribution is -1.97. The minimum Gasteiger partial charge on any atom is -0.289 e. The zero-order valence-corrected chi connectivity index (χ0v) is 12.4. The molecule has 0 amide bonds. The molecule has 0 aliphatic heterocycles. The highest BCUT2D eigenvalue weighted by atomic mass is 32.2. The Morgan fingerprint density at radius 3 is 2.29 bits per heavy atom. The van der Waals surface area contributed by atoms with Gasteiger partial charge in [-0.15, -0.1) is 0 Å². The summed E-state index contributed by atoms with van der Waals surface area (Å²) in [5.74, 6) is 0.0535. The third-order valence-electron chi connectivity index (χ3n) is 3.58. The van der Waals surface area contributed by atoms with Crippen molar-refractivity contribution in [1.29, 1.82) is 0 Å². The van der Waals surface area contributed by atoms with Gasteiger partial charge in [0.25, 0.3) is 0 Å². The first-order chi connectivity index (χ1) is 9.95. The Kier molecular flexibility index (Phi) is 3.26. The molecule has 0 saturated heterocycles. The highest BCUT2D eigenvalue weighted by molar-refractivity contribution is 7.90. The number of sulfone groups is 1. The van der Waals surface area contributed by atoms with Crippen molar-refractivity contribution in [3.63, 3.8) is 0 Å². The number of allylic oxidation sites excluding steroid dienone is 1. The molecular formula is C17H14O3S. The lowest BCUT2D eigenvalue weighted by molar-refractivity contribution is 0.104. The number of rotatable bonds is 2. The van der Waals surface area contributed by atoms with Crippen molar-refractivity contribution in [2.75, 3.05) is 6.26 Å². The van der Waals surface area contributed by atoms with Gasteiger partial charge < -0.3 is 0 Å². The number of hydrogen-bond donors (Lipinski definition) is 0. The maximum absolute atomic E-state index is 12.3. The van der Waals surface area contributed by atoms with E-state index in [9.17, 15) is 13.2 Å². The highest BCUT2D eigenvalue weighted by Gasteiger charge is 2.23. The summed E-state index contributed by atoms with van der Waals surface area (Å²) in [5.41, 5.74) is 3.37. The second-order valence-corrected chi connectivity index (χ2v) is 7.19. The van der Waals surface area contributed by atoms with Gasteiger partial charge in [-0.05, 0) is 29.3 Å². The molecule has 3 rings (SSSR count). The second kappa shape index (κ2) is 4.97. The summed E-state index contributed by atoms with van der Waals surface area (Å²) >= 11 is 0. The largest absolute Gasteiger partial charge is 0.289 e. The molecule has 0 heterocycles. The molecule has 0 radical (unpaired) electrons. The maximum Gasteiger partial charge on any atom is 0.189 e. The fourth-order valence-electron chi connectivity index (χ4n) is 2.48. The summed E-state index contributed by atoms with van der Waals surface area (Å²) in [6.45, 7) is 0. The van der Waals surface area contributed by atoms with Crippen LogP contribution >= 0.6 is 0 Å². The first kappa shape index (κ1) is 13.8. The molecule has 0 fully saturated rings. The third-order valence-corrected chi connectivity index (χ3v) is 4.71. The summed E-state index contributed by atoms with van der Waals surface area (Å²) in [6.07, 6.45) is 3.63. The monoisotopic (exact) mass is 298 g/mol. The van der Waals surface area contributed by atoms with Crippen molar-refractivity contribution >= 4 is 21.7 Å². The normalized spacial score (nSPS) is 16.2. The molecule has 2 aromatic rings. The average Bonchev–Trinajstić information content (AvgIpc) is 2.76. The second-order valence-electron chi connectivity index (χ2n) is 5.17. The number of ketones is 1. The lowest BCUT2D eigenvalue weighted by atomic mass is 10.1. The summed E-state index contributed by atoms with van der Waals surface area (Å²) in [5, 5.41) is 0. The van der Waals surface area contributed by atoms with Crippen molar-refractivity contribution in [2.24, 2.45) is 0 Å². The molecule has 106 valence electrons. The standard InChI is InChI=1S/C17H14O3S/c1-21(19,20)15-8-6-12(7-9-15)10-14-11-13-4-2-3-5-16(13)17(14)18/h2-10H,11H2,1H3/b14-10-. The van der Waals surface area contributed by atoms with E-state index in [0.717, 1.165) is 22.3 Å². The van der Waals surface area contributed by atoms with Gasteiger partial charge in [-0.1, -0.05) is 36.4 Å². The minimum absolute atomic E-state index is 0.0535. The number of carbonyl (C=O) groups excluding carboxylic acids is 1. The molecule has 1 aliphatic rings. The molecular weight excluding hydrogens is 284 g/mol. The Morgan fingerprint density at radius 1 is 1.00 bits per heavy atom. The summed E-state index contributed by atoms with van der Waals surface area (Å²) in [4.78, 5) is 12.5. The van der Waals surface area contributed by atoms with Gasteiger partial charge in [0.1, 0.15) is 0 Å². The molecule has 21 heavy (non-hydrogen) atoms. The van der Waals surface area contributed by atoms with Crippen LogP contribution in [0.3, 0.4) is 0 Å². The van der Waals surface area contributed by atoms with E-state index in [1.165, 1.54) is 6.26 Å². The molecule has 1 aliphatic carbocycles. The Bertz CT molecular complexity index is 844. The Labute approximate surface area is 123 Å². The van der Waals surface area contributed by atoms with Crippen LogP contribution < -0.4 is 0 Å². The predicted octanol–water partition coefficient (Wildman–Crippen LogP) is 2.91. The smallest absolute Gasteiger partial charge is 0.189 e. The molecule has 0 unspecified atom stereocenters. The molecule has 2 aromatic carbocycles. The number of benzene rings is 2. The summed E-state index contributed by atoms with van der Waals surface area (Å²) < 4.78 is 22.8. The number of carbonyl (C=O) groups is 1. The van der Waals surface area contributed by atoms with Crippen LogP contribution in [0.2, 0.25) is 0 Å². The molecule has 0 saturated carbocycles. The van der Waals surface area contributed by atoms with Gasteiger partial charge in [0.15, 0.2) is 15.6 Å². The van der Waals surface area contributed by atoms with Crippen LogP contribution in [-0.2, 0) is 16.3 Å². The van der Waals surface area contributed by atoms with E-state index in [1.54, 1.807) is 24.3 Å². The van der Waals surface area contributed by atoms with Crippen LogP contribution in [0.4, 0.5) is 0 Å². The zero-order chi connectivity index (χ0) is 15.0. The van der Waals surface area contributed by atoms with Crippen LogP contribution in [0.15, 0.2) is 59.0 Å². The highest BCUT2D eigenvalue weighted by Crippen LogP contribution is 2.27. The van der Waals surface area contributed by atoms with Gasteiger partial charge in [0.2, 0.25) is 0 Å². The van der Waals surface area contributed by atoms with Crippen LogP contribution in [0.5, 0.6) is 0 Å². The van der Waals surface area contributed by atoms with Crippen molar-refractivity contribution in [1.82, 2.24) is 0 Å². The van der Waals surface area contributed by atoms with Crippen molar-refractivity contribution in [3.05, 3.63) is 70.8 Å². The predicted molar refractivity (Wildman–Crippen MR) is 82.0 cm³/mol. The molecule has 0 N–H and O–H groups in total.